The first-order valence-electron chi connectivity index (χ1n) is 12.1. The third kappa shape index (κ3) is 5.45. The van der Waals surface area contributed by atoms with E-state index in [-0.39, 0.29) is 35.6 Å². The maximum Gasteiger partial charge on any atom is 0.262 e. The fraction of sp³-hybridized carbons (Fsp3) is 0.423. The van der Waals surface area contributed by atoms with Crippen LogP contribution in [0, 0.1) is 5.82 Å². The first-order chi connectivity index (χ1) is 16.8. The van der Waals surface area contributed by atoms with E-state index in [1.54, 1.807) is 0 Å². The molecule has 0 unspecified atom stereocenters. The summed E-state index contributed by atoms with van der Waals surface area (Å²) in [4.78, 5) is 33.4. The van der Waals surface area contributed by atoms with Gasteiger partial charge in [-0.15, -0.1) is 0 Å². The number of hydrogen-bond acceptors (Lipinski definition) is 6. The zero-order valence-corrected chi connectivity index (χ0v) is 20.5. The van der Waals surface area contributed by atoms with Gasteiger partial charge in [0.25, 0.3) is 5.56 Å². The number of aromatic nitrogens is 2. The molecule has 1 saturated heterocycles. The monoisotopic (exact) mass is 480 g/mol. The van der Waals surface area contributed by atoms with Crippen LogP contribution in [-0.4, -0.2) is 47.2 Å². The number of carbonyl (C=O) groups excluding carboxylic acids is 1. The highest BCUT2D eigenvalue weighted by atomic mass is 19.1. The van der Waals surface area contributed by atoms with Crippen molar-refractivity contribution in [1.29, 1.82) is 0 Å². The lowest BCUT2D eigenvalue weighted by molar-refractivity contribution is -0.122. The summed E-state index contributed by atoms with van der Waals surface area (Å²) in [6.45, 7) is 8.37. The molecular weight excluding hydrogens is 447 g/mol. The Morgan fingerprint density at radius 3 is 2.80 bits per heavy atom. The zero-order valence-electron chi connectivity index (χ0n) is 20.5. The van der Waals surface area contributed by atoms with Crippen LogP contribution in [0.3, 0.4) is 0 Å². The molecule has 0 saturated carbocycles. The molecule has 186 valence electrons. The molecule has 2 heterocycles. The van der Waals surface area contributed by atoms with Crippen molar-refractivity contribution in [1.82, 2.24) is 20.2 Å². The van der Waals surface area contributed by atoms with E-state index < -0.39 is 5.82 Å². The number of nitrogens with one attached hydrogen (secondary N) is 2. The third-order valence-electron chi connectivity index (χ3n) is 6.28. The van der Waals surface area contributed by atoms with Crippen molar-refractivity contribution in [3.8, 4) is 11.4 Å². The Labute approximate surface area is 204 Å². The second-order valence-corrected chi connectivity index (χ2v) is 9.35. The SMILES string of the molecule is CC[C@@H]1CN(c2ccc3nc(-c4ccc(F)c(N)c4)n(CC(=O)NC(C)C)c(=O)c3c2)CCCN1. The van der Waals surface area contributed by atoms with E-state index in [0.717, 1.165) is 38.2 Å². The van der Waals surface area contributed by atoms with E-state index in [1.165, 1.54) is 22.8 Å². The standard InChI is InChI=1S/C26H33FN6O2/c1-4-18-14-32(11-5-10-29-18)19-7-9-23-20(13-19)26(35)33(15-24(34)30-16(2)3)25(31-23)17-6-8-21(27)22(28)12-17/h6-9,12-13,16,18,29H,4-5,10-11,14-15,28H2,1-3H3,(H,30,34)/t18-/m1/s1. The Morgan fingerprint density at radius 2 is 2.09 bits per heavy atom. The maximum atomic E-state index is 13.8. The van der Waals surface area contributed by atoms with Gasteiger partial charge in [0.2, 0.25) is 5.91 Å². The predicted molar refractivity (Wildman–Crippen MR) is 138 cm³/mol. The lowest BCUT2D eigenvalue weighted by Gasteiger charge is -2.26. The van der Waals surface area contributed by atoms with Gasteiger partial charge in [-0.05, 0) is 69.6 Å². The summed E-state index contributed by atoms with van der Waals surface area (Å²) >= 11 is 0. The highest BCUT2D eigenvalue weighted by Crippen LogP contribution is 2.26. The van der Waals surface area contributed by atoms with Crippen LogP contribution >= 0.6 is 0 Å². The minimum atomic E-state index is -0.553. The smallest absolute Gasteiger partial charge is 0.262 e. The summed E-state index contributed by atoms with van der Waals surface area (Å²) in [6, 6.07) is 10.2. The Kier molecular flexibility index (Phi) is 7.35. The van der Waals surface area contributed by atoms with E-state index >= 15 is 0 Å². The Bertz CT molecular complexity index is 1290. The number of hydrogen-bond donors (Lipinski definition) is 3. The second kappa shape index (κ2) is 10.4. The number of halogens is 1. The average Bonchev–Trinajstić information content (AvgIpc) is 3.08. The number of rotatable bonds is 6. The number of benzene rings is 2. The van der Waals surface area contributed by atoms with Crippen molar-refractivity contribution in [3.05, 3.63) is 52.6 Å². The van der Waals surface area contributed by atoms with Crippen molar-refractivity contribution in [3.63, 3.8) is 0 Å². The first kappa shape index (κ1) is 24.7. The molecule has 2 aromatic carbocycles. The number of amides is 1. The van der Waals surface area contributed by atoms with Gasteiger partial charge in [-0.25, -0.2) is 9.37 Å². The van der Waals surface area contributed by atoms with Gasteiger partial charge in [0, 0.05) is 36.4 Å². The lowest BCUT2D eigenvalue weighted by atomic mass is 10.1. The van der Waals surface area contributed by atoms with Crippen LogP contribution < -0.4 is 26.8 Å². The van der Waals surface area contributed by atoms with Crippen molar-refractivity contribution in [2.45, 2.75) is 52.2 Å². The Morgan fingerprint density at radius 1 is 1.29 bits per heavy atom. The van der Waals surface area contributed by atoms with Crippen LogP contribution in [0.5, 0.6) is 0 Å². The van der Waals surface area contributed by atoms with E-state index in [9.17, 15) is 14.0 Å². The van der Waals surface area contributed by atoms with E-state index in [1.807, 2.05) is 32.0 Å². The Hall–Kier alpha value is -3.46. The molecule has 1 aliphatic heterocycles. The molecule has 4 rings (SSSR count). The molecule has 0 spiro atoms. The molecule has 0 radical (unpaired) electrons. The number of nitrogens with two attached hydrogens (primary N) is 1. The topological polar surface area (TPSA) is 105 Å². The molecule has 1 aromatic heterocycles. The largest absolute Gasteiger partial charge is 0.396 e. The summed E-state index contributed by atoms with van der Waals surface area (Å²) in [5, 5.41) is 6.81. The van der Waals surface area contributed by atoms with Crippen molar-refractivity contribution >= 4 is 28.2 Å². The summed E-state index contributed by atoms with van der Waals surface area (Å²) in [7, 11) is 0. The van der Waals surface area contributed by atoms with Crippen molar-refractivity contribution in [2.75, 3.05) is 30.3 Å². The van der Waals surface area contributed by atoms with Gasteiger partial charge in [-0.1, -0.05) is 6.92 Å². The van der Waals surface area contributed by atoms with Gasteiger partial charge in [0.15, 0.2) is 0 Å². The summed E-state index contributed by atoms with van der Waals surface area (Å²) in [5.74, 6) is -0.589. The van der Waals surface area contributed by atoms with Crippen LogP contribution in [0.2, 0.25) is 0 Å². The van der Waals surface area contributed by atoms with Crippen LogP contribution in [0.25, 0.3) is 22.3 Å². The van der Waals surface area contributed by atoms with E-state index in [2.05, 4.69) is 22.5 Å². The molecule has 1 aliphatic rings. The van der Waals surface area contributed by atoms with Gasteiger partial charge >= 0.3 is 0 Å². The van der Waals surface area contributed by atoms with Crippen LogP contribution in [0.15, 0.2) is 41.2 Å². The molecule has 1 amide bonds. The minimum Gasteiger partial charge on any atom is -0.396 e. The molecule has 1 atom stereocenters. The molecule has 4 N–H and O–H groups in total. The minimum absolute atomic E-state index is 0.0503. The molecule has 9 heteroatoms. The number of nitrogen functional groups attached to an aromatic ring is 1. The summed E-state index contributed by atoms with van der Waals surface area (Å²) in [5.41, 5.74) is 7.34. The molecular formula is C26H33FN6O2. The number of carbonyl (C=O) groups is 1. The normalized spacial score (nSPS) is 16.5. The summed E-state index contributed by atoms with van der Waals surface area (Å²) < 4.78 is 15.2. The summed E-state index contributed by atoms with van der Waals surface area (Å²) in [6.07, 6.45) is 2.03. The Balaban J connectivity index is 1.83. The quantitative estimate of drug-likeness (QED) is 0.469. The van der Waals surface area contributed by atoms with Gasteiger partial charge in [0.1, 0.15) is 18.2 Å². The van der Waals surface area contributed by atoms with Crippen LogP contribution in [-0.2, 0) is 11.3 Å². The third-order valence-corrected chi connectivity index (χ3v) is 6.28. The molecule has 0 bridgehead atoms. The predicted octanol–water partition coefficient (Wildman–Crippen LogP) is 2.89. The lowest BCUT2D eigenvalue weighted by Crippen LogP contribution is -2.37. The zero-order chi connectivity index (χ0) is 25.1. The maximum absolute atomic E-state index is 13.8. The first-order valence-corrected chi connectivity index (χ1v) is 12.1. The van der Waals surface area contributed by atoms with E-state index in [0.29, 0.717) is 22.5 Å². The molecule has 1 fully saturated rings. The van der Waals surface area contributed by atoms with Crippen molar-refractivity contribution < 1.29 is 9.18 Å². The fourth-order valence-electron chi connectivity index (χ4n) is 4.47. The number of nitrogens with zero attached hydrogens (tertiary/aromatic N) is 3. The van der Waals surface area contributed by atoms with E-state index in [4.69, 9.17) is 10.7 Å². The number of fused-ring (bicyclic) bond motifs is 1. The molecule has 3 aromatic rings. The highest BCUT2D eigenvalue weighted by molar-refractivity contribution is 5.85. The number of anilines is 2. The van der Waals surface area contributed by atoms with Crippen LogP contribution in [0.4, 0.5) is 15.8 Å². The van der Waals surface area contributed by atoms with Crippen molar-refractivity contribution in [2.24, 2.45) is 0 Å². The molecule has 0 aliphatic carbocycles. The van der Waals surface area contributed by atoms with Crippen LogP contribution in [0.1, 0.15) is 33.6 Å². The molecule has 35 heavy (non-hydrogen) atoms. The van der Waals surface area contributed by atoms with Gasteiger partial charge in [-0.2, -0.15) is 0 Å². The average molecular weight is 481 g/mol. The molecule has 8 nitrogen and oxygen atoms in total. The highest BCUT2D eigenvalue weighted by Gasteiger charge is 2.20. The second-order valence-electron chi connectivity index (χ2n) is 9.35. The van der Waals surface area contributed by atoms with Gasteiger partial charge in [-0.3, -0.25) is 14.2 Å². The fourth-order valence-corrected chi connectivity index (χ4v) is 4.47. The van der Waals surface area contributed by atoms with Gasteiger partial charge in [0.05, 0.1) is 16.6 Å². The van der Waals surface area contributed by atoms with Gasteiger partial charge < -0.3 is 21.3 Å².